The van der Waals surface area contributed by atoms with E-state index < -0.39 is 63.3 Å². The van der Waals surface area contributed by atoms with E-state index in [0.29, 0.717) is 23.5 Å². The van der Waals surface area contributed by atoms with Crippen molar-refractivity contribution in [3.05, 3.63) is 125 Å². The molecule has 0 fully saturated rings. The summed E-state index contributed by atoms with van der Waals surface area (Å²) in [6.07, 6.45) is 0.000485. The quantitative estimate of drug-likeness (QED) is 0.0605. The molecule has 8 nitrogen and oxygen atoms in total. The van der Waals surface area contributed by atoms with Crippen molar-refractivity contribution in [2.75, 3.05) is 32.1 Å². The van der Waals surface area contributed by atoms with Gasteiger partial charge in [0, 0.05) is 49.6 Å². The van der Waals surface area contributed by atoms with Gasteiger partial charge in [0.15, 0.2) is 0 Å². The minimum Gasteiger partial charge on any atom is -0.462 e. The van der Waals surface area contributed by atoms with Gasteiger partial charge in [0.25, 0.3) is 11.8 Å². The van der Waals surface area contributed by atoms with E-state index in [1.807, 2.05) is 43.3 Å². The predicted molar refractivity (Wildman–Crippen MR) is 163 cm³/mol. The van der Waals surface area contributed by atoms with E-state index in [9.17, 15) is 31.9 Å². The average Bonchev–Trinajstić information content (AvgIpc) is 3.27. The Hall–Kier alpha value is -5.65. The van der Waals surface area contributed by atoms with Crippen LogP contribution in [0.15, 0.2) is 95.2 Å². The Balaban J connectivity index is 1.22. The molecule has 1 heterocycles. The van der Waals surface area contributed by atoms with E-state index >= 15 is 0 Å². The number of azo groups is 1. The molecule has 0 spiro atoms. The molecule has 1 aliphatic rings. The first-order valence-corrected chi connectivity index (χ1v) is 14.0. The van der Waals surface area contributed by atoms with Gasteiger partial charge in [0.1, 0.15) is 23.3 Å². The molecule has 4 aromatic carbocycles. The number of imide groups is 1. The number of benzene rings is 4. The molecule has 4 aromatic rings. The van der Waals surface area contributed by atoms with E-state index in [1.165, 1.54) is 12.1 Å². The first-order valence-electron chi connectivity index (χ1n) is 14.0. The number of halogens is 4. The predicted octanol–water partition coefficient (Wildman–Crippen LogP) is 7.25. The van der Waals surface area contributed by atoms with Gasteiger partial charge < -0.3 is 9.64 Å². The maximum Gasteiger partial charge on any atom is 0.338 e. The van der Waals surface area contributed by atoms with Crippen LogP contribution < -0.4 is 4.90 Å². The summed E-state index contributed by atoms with van der Waals surface area (Å²) in [6, 6.07) is 18.4. The fourth-order valence-electron chi connectivity index (χ4n) is 4.73. The third-order valence-corrected chi connectivity index (χ3v) is 7.08. The molecule has 0 unspecified atom stereocenters. The molecule has 46 heavy (non-hydrogen) atoms. The highest BCUT2D eigenvalue weighted by atomic mass is 19.1. The highest BCUT2D eigenvalue weighted by molar-refractivity contribution is 6.49. The molecule has 234 valence electrons. The lowest BCUT2D eigenvalue weighted by atomic mass is 9.95. The maximum absolute atomic E-state index is 14.7. The van der Waals surface area contributed by atoms with Crippen molar-refractivity contribution in [2.24, 2.45) is 10.2 Å². The van der Waals surface area contributed by atoms with E-state index in [4.69, 9.17) is 4.74 Å². The van der Waals surface area contributed by atoms with Gasteiger partial charge in [-0.2, -0.15) is 10.2 Å². The molecule has 0 bridgehead atoms. The van der Waals surface area contributed by atoms with Crippen molar-refractivity contribution >= 4 is 46.0 Å². The van der Waals surface area contributed by atoms with Gasteiger partial charge in [-0.25, -0.2) is 22.4 Å². The number of ether oxygens (including phenoxy) is 1. The number of carbonyl (C=O) groups is 3. The summed E-state index contributed by atoms with van der Waals surface area (Å²) in [7, 11) is 3.86. The largest absolute Gasteiger partial charge is 0.462 e. The molecule has 2 amide bonds. The lowest BCUT2D eigenvalue weighted by molar-refractivity contribution is -0.136. The molecular formula is C34H26F4N4O4. The van der Waals surface area contributed by atoms with Crippen LogP contribution in [-0.2, 0) is 14.3 Å². The molecule has 0 saturated carbocycles. The van der Waals surface area contributed by atoms with Crippen LogP contribution in [0.3, 0.4) is 0 Å². The zero-order valence-corrected chi connectivity index (χ0v) is 24.6. The second-order valence-corrected chi connectivity index (χ2v) is 10.4. The van der Waals surface area contributed by atoms with Crippen molar-refractivity contribution in [1.82, 2.24) is 4.90 Å². The van der Waals surface area contributed by atoms with Crippen LogP contribution in [0.4, 0.5) is 34.6 Å². The molecule has 12 heteroatoms. The molecule has 0 saturated heterocycles. The molecule has 0 aliphatic carbocycles. The van der Waals surface area contributed by atoms with Crippen molar-refractivity contribution in [2.45, 2.75) is 6.42 Å². The minimum atomic E-state index is -1.14. The monoisotopic (exact) mass is 630 g/mol. The van der Waals surface area contributed by atoms with Crippen LogP contribution in [0.25, 0.3) is 11.1 Å². The van der Waals surface area contributed by atoms with Gasteiger partial charge in [0.2, 0.25) is 0 Å². The fraction of sp³-hybridized carbons (Fsp3) is 0.147. The molecule has 1 aliphatic heterocycles. The zero-order valence-electron chi connectivity index (χ0n) is 24.6. The Bertz CT molecular complexity index is 1800. The van der Waals surface area contributed by atoms with E-state index in [0.717, 1.165) is 34.9 Å². The molecule has 0 radical (unpaired) electrons. The van der Waals surface area contributed by atoms with Crippen LogP contribution >= 0.6 is 0 Å². The Morgan fingerprint density at radius 1 is 0.717 bits per heavy atom. The Morgan fingerprint density at radius 3 is 1.65 bits per heavy atom. The van der Waals surface area contributed by atoms with Crippen molar-refractivity contribution in [3.8, 4) is 0 Å². The van der Waals surface area contributed by atoms with E-state index in [1.54, 1.807) is 12.1 Å². The topological polar surface area (TPSA) is 91.6 Å². The Morgan fingerprint density at radius 2 is 1.20 bits per heavy atom. The highest BCUT2D eigenvalue weighted by Crippen LogP contribution is 2.38. The van der Waals surface area contributed by atoms with Gasteiger partial charge in [-0.15, -0.1) is 0 Å². The first kappa shape index (κ1) is 31.8. The number of rotatable bonds is 10. The third kappa shape index (κ3) is 6.85. The summed E-state index contributed by atoms with van der Waals surface area (Å²) >= 11 is 0. The van der Waals surface area contributed by atoms with Gasteiger partial charge >= 0.3 is 5.97 Å². The molecule has 5 rings (SSSR count). The summed E-state index contributed by atoms with van der Waals surface area (Å²) in [5, 5.41) is 8.34. The number of hydrogen-bond acceptors (Lipinski definition) is 7. The SMILES string of the molecule is CN(C)c1ccc(N=Nc2ccc(C(=O)OCCCN3C(=O)C(c4ccc(F)cc4F)=C(c4ccc(F)cc4F)C3=O)cc2)cc1. The smallest absolute Gasteiger partial charge is 0.338 e. The number of esters is 1. The fourth-order valence-corrected chi connectivity index (χ4v) is 4.73. The van der Waals surface area contributed by atoms with Crippen molar-refractivity contribution < 1.29 is 36.7 Å². The van der Waals surface area contributed by atoms with Crippen LogP contribution in [0.5, 0.6) is 0 Å². The van der Waals surface area contributed by atoms with Crippen LogP contribution in [-0.4, -0.2) is 49.9 Å². The highest BCUT2D eigenvalue weighted by Gasteiger charge is 2.41. The van der Waals surface area contributed by atoms with Crippen molar-refractivity contribution in [3.63, 3.8) is 0 Å². The van der Waals surface area contributed by atoms with Crippen LogP contribution in [0, 0.1) is 23.3 Å². The van der Waals surface area contributed by atoms with Crippen LogP contribution in [0.2, 0.25) is 0 Å². The van der Waals surface area contributed by atoms with Crippen molar-refractivity contribution in [1.29, 1.82) is 0 Å². The number of hydrogen-bond donors (Lipinski definition) is 0. The second-order valence-electron chi connectivity index (χ2n) is 10.4. The second kappa shape index (κ2) is 13.6. The summed E-state index contributed by atoms with van der Waals surface area (Å²) in [5.41, 5.74) is 0.591. The third-order valence-electron chi connectivity index (χ3n) is 7.08. The number of carbonyl (C=O) groups excluding carboxylic acids is 3. The summed E-state index contributed by atoms with van der Waals surface area (Å²) < 4.78 is 61.9. The molecule has 0 aromatic heterocycles. The van der Waals surface area contributed by atoms with E-state index in [2.05, 4.69) is 10.2 Å². The maximum atomic E-state index is 14.7. The standard InChI is InChI=1S/C34H26F4N4O4/c1-41(2)25-12-10-24(11-13-25)40-39-23-8-4-20(5-9-23)34(45)46-17-3-16-42-32(43)30(26-14-6-21(35)18-28(26)37)31(33(42)44)27-15-7-22(36)19-29(27)38/h4-15,18-19H,3,16-17H2,1-2H3. The number of nitrogens with zero attached hydrogens (tertiary/aromatic N) is 4. The Labute approximate surface area is 261 Å². The zero-order chi connectivity index (χ0) is 33.0. The van der Waals surface area contributed by atoms with Gasteiger partial charge in [-0.1, -0.05) is 0 Å². The summed E-state index contributed by atoms with van der Waals surface area (Å²) in [6.45, 7) is -0.459. The normalized spacial score (nSPS) is 13.2. The lowest BCUT2D eigenvalue weighted by Crippen LogP contribution is -2.33. The van der Waals surface area contributed by atoms with Gasteiger partial charge in [0.05, 0.1) is 34.7 Å². The Kier molecular flexibility index (Phi) is 9.36. The summed E-state index contributed by atoms with van der Waals surface area (Å²) in [4.78, 5) is 42.0. The molecule has 0 N–H and O–H groups in total. The lowest BCUT2D eigenvalue weighted by Gasteiger charge is -2.15. The minimum absolute atomic E-state index is 0.000485. The van der Waals surface area contributed by atoms with Gasteiger partial charge in [-0.3, -0.25) is 14.5 Å². The first-order chi connectivity index (χ1) is 22.0. The van der Waals surface area contributed by atoms with Gasteiger partial charge in [-0.05, 0) is 79.2 Å². The molecular weight excluding hydrogens is 604 g/mol. The van der Waals surface area contributed by atoms with E-state index in [-0.39, 0.29) is 25.1 Å². The summed E-state index contributed by atoms with van der Waals surface area (Å²) in [5.74, 6) is -6.70. The van der Waals surface area contributed by atoms with Crippen LogP contribution in [0.1, 0.15) is 27.9 Å². The average molecular weight is 631 g/mol. The number of anilines is 1. The molecule has 0 atom stereocenters. The number of amides is 2.